The van der Waals surface area contributed by atoms with E-state index in [4.69, 9.17) is 0 Å². The molecule has 6 rings (SSSR count). The maximum Gasteiger partial charge on any atom is 0.0886 e. The van der Waals surface area contributed by atoms with Crippen LogP contribution in [0.15, 0.2) is 67.0 Å². The Morgan fingerprint density at radius 2 is 1.24 bits per heavy atom. The summed E-state index contributed by atoms with van der Waals surface area (Å²) in [7, 11) is 0. The maximum atomic E-state index is 3.43. The molecule has 0 radical (unpaired) electrons. The molecule has 0 saturated carbocycles. The van der Waals surface area contributed by atoms with Crippen molar-refractivity contribution in [3.63, 3.8) is 0 Å². The Hall–Kier alpha value is -3.92. The maximum absolute atomic E-state index is 3.43. The van der Waals surface area contributed by atoms with Gasteiger partial charge < -0.3 is 19.1 Å². The fraction of sp³-hybridized carbons (Fsp3) is 0.200. The molecule has 34 heavy (non-hydrogen) atoms. The monoisotopic (exact) mass is 448 g/mol. The van der Waals surface area contributed by atoms with Crippen LogP contribution in [0.25, 0.3) is 50.4 Å². The molecular formula is C30H32N4. The van der Waals surface area contributed by atoms with Crippen LogP contribution in [-0.2, 0) is 0 Å². The van der Waals surface area contributed by atoms with Crippen LogP contribution in [0.2, 0.25) is 0 Å². The highest BCUT2D eigenvalue weighted by molar-refractivity contribution is 6.06. The van der Waals surface area contributed by atoms with Crippen molar-refractivity contribution in [3.05, 3.63) is 89.4 Å². The third-order valence-electron chi connectivity index (χ3n) is 6.68. The van der Waals surface area contributed by atoms with Gasteiger partial charge in [0.2, 0.25) is 0 Å². The first kappa shape index (κ1) is 21.9. The average molecular weight is 449 g/mol. The van der Waals surface area contributed by atoms with E-state index < -0.39 is 0 Å². The van der Waals surface area contributed by atoms with E-state index in [9.17, 15) is 0 Å². The number of para-hydroxylation sites is 1. The van der Waals surface area contributed by atoms with E-state index in [1.54, 1.807) is 0 Å². The topological polar surface area (TPSA) is 41.4 Å². The van der Waals surface area contributed by atoms with Crippen molar-refractivity contribution in [2.24, 2.45) is 0 Å². The van der Waals surface area contributed by atoms with Crippen molar-refractivity contribution in [1.82, 2.24) is 19.1 Å². The smallest absolute Gasteiger partial charge is 0.0886 e. The molecule has 172 valence electrons. The zero-order valence-electron chi connectivity index (χ0n) is 20.8. The summed E-state index contributed by atoms with van der Waals surface area (Å²) in [5.74, 6) is 0. The van der Waals surface area contributed by atoms with Crippen LogP contribution >= 0.6 is 0 Å². The molecule has 0 aliphatic heterocycles. The van der Waals surface area contributed by atoms with Crippen molar-refractivity contribution >= 4 is 39.0 Å². The Bertz CT molecular complexity index is 1610. The number of hydrogen-bond acceptors (Lipinski definition) is 0. The minimum absolute atomic E-state index is 1.14. The highest BCUT2D eigenvalue weighted by atomic mass is 15.1. The van der Waals surface area contributed by atoms with Crippen LogP contribution in [0.4, 0.5) is 0 Å². The molecule has 0 aliphatic rings. The lowest BCUT2D eigenvalue weighted by Gasteiger charge is -2.21. The molecule has 0 atom stereocenters. The molecule has 2 aromatic carbocycles. The van der Waals surface area contributed by atoms with Crippen molar-refractivity contribution in [3.8, 4) is 11.4 Å². The van der Waals surface area contributed by atoms with Gasteiger partial charge in [-0.05, 0) is 68.7 Å². The number of aromatic amines is 2. The average Bonchev–Trinajstić information content (AvgIpc) is 3.61. The third-order valence-corrected chi connectivity index (χ3v) is 6.68. The van der Waals surface area contributed by atoms with Gasteiger partial charge in [0.05, 0.1) is 39.0 Å². The first-order valence-corrected chi connectivity index (χ1v) is 12.1. The Balaban J connectivity index is 0.00000117. The van der Waals surface area contributed by atoms with Gasteiger partial charge in [-0.1, -0.05) is 50.3 Å². The third kappa shape index (κ3) is 2.98. The van der Waals surface area contributed by atoms with Gasteiger partial charge in [-0.15, -0.1) is 0 Å². The van der Waals surface area contributed by atoms with Gasteiger partial charge in [-0.25, -0.2) is 0 Å². The van der Waals surface area contributed by atoms with E-state index in [1.807, 2.05) is 26.2 Å². The number of nitrogens with one attached hydrogen (secondary N) is 2. The summed E-state index contributed by atoms with van der Waals surface area (Å²) in [5, 5.41) is 1.29. The number of benzene rings is 2. The number of aryl methyl sites for hydroxylation is 3. The molecule has 6 aromatic rings. The highest BCUT2D eigenvalue weighted by Gasteiger charge is 2.23. The lowest BCUT2D eigenvalue weighted by Crippen LogP contribution is -2.08. The number of H-pyrrole nitrogens is 2. The van der Waals surface area contributed by atoms with E-state index in [0.717, 1.165) is 11.0 Å². The molecule has 0 spiro atoms. The molecule has 4 heteroatoms. The quantitative estimate of drug-likeness (QED) is 0.273. The number of rotatable bonds is 3. The number of aromatic nitrogens is 4. The van der Waals surface area contributed by atoms with Gasteiger partial charge in [0.1, 0.15) is 0 Å². The first-order chi connectivity index (χ1) is 16.6. The summed E-state index contributed by atoms with van der Waals surface area (Å²) in [6.07, 6.45) is 8.40. The summed E-state index contributed by atoms with van der Waals surface area (Å²) >= 11 is 0. The number of fused-ring (bicyclic) bond motifs is 4. The van der Waals surface area contributed by atoms with Crippen LogP contribution in [-0.4, -0.2) is 19.1 Å². The summed E-state index contributed by atoms with van der Waals surface area (Å²) < 4.78 is 4.85. The van der Waals surface area contributed by atoms with Crippen LogP contribution in [0.1, 0.15) is 43.2 Å². The molecule has 0 amide bonds. The number of nitrogens with zero attached hydrogens (tertiary/aromatic N) is 2. The fourth-order valence-corrected chi connectivity index (χ4v) is 5.23. The molecule has 2 N–H and O–H groups in total. The second-order valence-corrected chi connectivity index (χ2v) is 8.57. The summed E-state index contributed by atoms with van der Waals surface area (Å²) in [4.78, 5) is 6.86. The number of allylic oxidation sites excluding steroid dienone is 1. The second kappa shape index (κ2) is 8.45. The van der Waals surface area contributed by atoms with Crippen molar-refractivity contribution in [2.45, 2.75) is 41.5 Å². The van der Waals surface area contributed by atoms with Crippen molar-refractivity contribution < 1.29 is 0 Å². The molecule has 0 saturated heterocycles. The molecule has 4 heterocycles. The van der Waals surface area contributed by atoms with Crippen LogP contribution in [0, 0.1) is 20.8 Å². The standard InChI is InChI=1S/C28H26N4.C2H6/c1-5-8-21-19(4)20-9-6-7-10-22(20)31(21)27-17(2)11-12-18(3)28(27)32-23-13-15-29-25(23)26-24(32)14-16-30-26;1-2/h5-16,29-30H,1-4H3;1-2H3/b8-5-;. The van der Waals surface area contributed by atoms with E-state index in [-0.39, 0.29) is 0 Å². The SMILES string of the molecule is C/C=C\c1c(C)c2ccccc2n1-c1c(C)ccc(C)c1-n1c2cc[nH]c2c2[nH]ccc21.CC. The highest BCUT2D eigenvalue weighted by Crippen LogP contribution is 2.39. The Morgan fingerprint density at radius 3 is 1.82 bits per heavy atom. The van der Waals surface area contributed by atoms with Gasteiger partial charge in [-0.3, -0.25) is 0 Å². The van der Waals surface area contributed by atoms with Gasteiger partial charge in [0.25, 0.3) is 0 Å². The van der Waals surface area contributed by atoms with Crippen LogP contribution < -0.4 is 0 Å². The van der Waals surface area contributed by atoms with E-state index in [2.05, 4.69) is 107 Å². The zero-order valence-corrected chi connectivity index (χ0v) is 20.8. The molecular weight excluding hydrogens is 416 g/mol. The lowest BCUT2D eigenvalue weighted by molar-refractivity contribution is 1.02. The molecule has 0 bridgehead atoms. The van der Waals surface area contributed by atoms with Crippen LogP contribution in [0.3, 0.4) is 0 Å². The summed E-state index contributed by atoms with van der Waals surface area (Å²) in [6, 6.07) is 17.5. The van der Waals surface area contributed by atoms with Crippen LogP contribution in [0.5, 0.6) is 0 Å². The molecule has 0 aliphatic carbocycles. The van der Waals surface area contributed by atoms with Gasteiger partial charge in [0, 0.05) is 23.5 Å². The second-order valence-electron chi connectivity index (χ2n) is 8.57. The zero-order chi connectivity index (χ0) is 24.0. The van der Waals surface area contributed by atoms with Gasteiger partial charge in [-0.2, -0.15) is 0 Å². The molecule has 0 fully saturated rings. The van der Waals surface area contributed by atoms with Gasteiger partial charge >= 0.3 is 0 Å². The molecule has 4 aromatic heterocycles. The fourth-order valence-electron chi connectivity index (χ4n) is 5.23. The summed E-state index contributed by atoms with van der Waals surface area (Å²) in [6.45, 7) is 12.7. The van der Waals surface area contributed by atoms with Crippen molar-refractivity contribution in [1.29, 1.82) is 0 Å². The van der Waals surface area contributed by atoms with E-state index >= 15 is 0 Å². The predicted octanol–water partition coefficient (Wildman–Crippen LogP) is 8.37. The first-order valence-electron chi connectivity index (χ1n) is 12.1. The Labute approximate surface area is 200 Å². The minimum atomic E-state index is 1.14. The number of hydrogen-bond donors (Lipinski definition) is 2. The predicted molar refractivity (Wildman–Crippen MR) is 147 cm³/mol. The Morgan fingerprint density at radius 1 is 0.676 bits per heavy atom. The molecule has 4 nitrogen and oxygen atoms in total. The minimum Gasteiger partial charge on any atom is -0.358 e. The lowest BCUT2D eigenvalue weighted by atomic mass is 10.1. The normalized spacial score (nSPS) is 11.7. The van der Waals surface area contributed by atoms with Crippen molar-refractivity contribution in [2.75, 3.05) is 0 Å². The van der Waals surface area contributed by atoms with E-state index in [0.29, 0.717) is 0 Å². The summed E-state index contributed by atoms with van der Waals surface area (Å²) in [5.41, 5.74) is 13.3. The molecule has 0 unspecified atom stereocenters. The van der Waals surface area contributed by atoms with Gasteiger partial charge in [0.15, 0.2) is 0 Å². The largest absolute Gasteiger partial charge is 0.358 e. The van der Waals surface area contributed by atoms with E-state index in [1.165, 1.54) is 55.7 Å². The Kier molecular flexibility index (Phi) is 5.45.